The number of fused-ring (bicyclic) bond motifs is 2. The number of unbranched alkanes of at least 4 members (excludes halogenated alkanes) is 1. The Morgan fingerprint density at radius 3 is 3.00 bits per heavy atom. The topological polar surface area (TPSA) is 75.0 Å². The van der Waals surface area contributed by atoms with Crippen molar-refractivity contribution in [2.75, 3.05) is 6.54 Å². The first-order chi connectivity index (χ1) is 14.6. The van der Waals surface area contributed by atoms with Crippen LogP contribution in [0.5, 0.6) is 0 Å². The third kappa shape index (κ3) is 3.34. The summed E-state index contributed by atoms with van der Waals surface area (Å²) < 4.78 is 19.3. The molecule has 0 radical (unpaired) electrons. The highest BCUT2D eigenvalue weighted by atomic mass is 19.1. The lowest BCUT2D eigenvalue weighted by molar-refractivity contribution is 0.0730. The number of nitrogens with zero attached hydrogens (tertiary/aromatic N) is 3. The first kappa shape index (κ1) is 18.8. The lowest BCUT2D eigenvalue weighted by atomic mass is 10.1. The highest BCUT2D eigenvalue weighted by Crippen LogP contribution is 2.33. The van der Waals surface area contributed by atoms with Crippen LogP contribution in [0.4, 0.5) is 4.39 Å². The lowest BCUT2D eigenvalue weighted by Gasteiger charge is -2.23. The van der Waals surface area contributed by atoms with Gasteiger partial charge in [-0.3, -0.25) is 4.79 Å². The Balaban J connectivity index is 1.42. The van der Waals surface area contributed by atoms with Crippen LogP contribution in [0.15, 0.2) is 40.8 Å². The SMILES string of the molecule is CCCCc1nc2cc(C(=O)N3CCCC3c3nc4ccc(F)cc4[nH]3)ccc2o1. The molecule has 0 aliphatic carbocycles. The number of amides is 1. The van der Waals surface area contributed by atoms with Crippen LogP contribution >= 0.6 is 0 Å². The number of aromatic amines is 1. The fraction of sp³-hybridized carbons (Fsp3) is 0.348. The van der Waals surface area contributed by atoms with Gasteiger partial charge in [-0.2, -0.15) is 0 Å². The van der Waals surface area contributed by atoms with Crippen LogP contribution in [0.1, 0.15) is 60.7 Å². The van der Waals surface area contributed by atoms with Crippen molar-refractivity contribution in [1.29, 1.82) is 0 Å². The van der Waals surface area contributed by atoms with Gasteiger partial charge in [-0.15, -0.1) is 0 Å². The number of hydrogen-bond donors (Lipinski definition) is 1. The van der Waals surface area contributed by atoms with E-state index in [4.69, 9.17) is 4.42 Å². The average molecular weight is 406 g/mol. The van der Waals surface area contributed by atoms with Crippen LogP contribution in [0, 0.1) is 5.82 Å². The molecule has 5 rings (SSSR count). The summed E-state index contributed by atoms with van der Waals surface area (Å²) in [5.41, 5.74) is 3.35. The maximum absolute atomic E-state index is 13.5. The van der Waals surface area contributed by atoms with E-state index in [-0.39, 0.29) is 17.8 Å². The summed E-state index contributed by atoms with van der Waals surface area (Å²) in [6, 6.07) is 9.75. The monoisotopic (exact) mass is 406 g/mol. The van der Waals surface area contributed by atoms with Gasteiger partial charge in [-0.1, -0.05) is 13.3 Å². The van der Waals surface area contributed by atoms with E-state index in [1.165, 1.54) is 12.1 Å². The summed E-state index contributed by atoms with van der Waals surface area (Å²) in [4.78, 5) is 27.5. The van der Waals surface area contributed by atoms with E-state index in [9.17, 15) is 9.18 Å². The van der Waals surface area contributed by atoms with Gasteiger partial charge in [-0.05, 0) is 55.7 Å². The molecule has 1 aliphatic rings. The molecule has 2 aromatic heterocycles. The van der Waals surface area contributed by atoms with Crippen molar-refractivity contribution in [3.63, 3.8) is 0 Å². The number of likely N-dealkylation sites (tertiary alicyclic amines) is 1. The number of nitrogens with one attached hydrogen (secondary N) is 1. The van der Waals surface area contributed by atoms with Gasteiger partial charge in [0.05, 0.1) is 17.1 Å². The Hall–Kier alpha value is -3.22. The smallest absolute Gasteiger partial charge is 0.254 e. The molecule has 0 spiro atoms. The summed E-state index contributed by atoms with van der Waals surface area (Å²) in [5.74, 6) is 1.05. The molecule has 1 aliphatic heterocycles. The highest BCUT2D eigenvalue weighted by Gasteiger charge is 2.33. The molecule has 1 amide bonds. The highest BCUT2D eigenvalue weighted by molar-refractivity contribution is 5.97. The molecule has 4 aromatic rings. The summed E-state index contributed by atoms with van der Waals surface area (Å²) in [5, 5.41) is 0. The molecular weight excluding hydrogens is 383 g/mol. The number of hydrogen-bond acceptors (Lipinski definition) is 4. The van der Waals surface area contributed by atoms with Crippen LogP contribution in [-0.4, -0.2) is 32.3 Å². The maximum atomic E-state index is 13.5. The van der Waals surface area contributed by atoms with Crippen LogP contribution in [0.3, 0.4) is 0 Å². The summed E-state index contributed by atoms with van der Waals surface area (Å²) in [6.45, 7) is 2.79. The largest absolute Gasteiger partial charge is 0.441 e. The van der Waals surface area contributed by atoms with Gasteiger partial charge in [0.25, 0.3) is 5.91 Å². The third-order valence-electron chi connectivity index (χ3n) is 5.71. The Morgan fingerprint density at radius 1 is 1.23 bits per heavy atom. The van der Waals surface area contributed by atoms with E-state index in [2.05, 4.69) is 21.9 Å². The molecule has 1 fully saturated rings. The molecule has 3 heterocycles. The van der Waals surface area contributed by atoms with Gasteiger partial charge in [0.2, 0.25) is 0 Å². The Labute approximate surface area is 173 Å². The molecule has 0 saturated carbocycles. The van der Waals surface area contributed by atoms with Crippen LogP contribution < -0.4 is 0 Å². The normalized spacial score (nSPS) is 16.7. The quantitative estimate of drug-likeness (QED) is 0.497. The number of rotatable bonds is 5. The van der Waals surface area contributed by atoms with Gasteiger partial charge < -0.3 is 14.3 Å². The molecule has 154 valence electrons. The lowest BCUT2D eigenvalue weighted by Crippen LogP contribution is -2.31. The first-order valence-corrected chi connectivity index (χ1v) is 10.5. The van der Waals surface area contributed by atoms with E-state index in [0.29, 0.717) is 46.0 Å². The summed E-state index contributed by atoms with van der Waals surface area (Å²) in [7, 11) is 0. The molecule has 0 bridgehead atoms. The van der Waals surface area contributed by atoms with Gasteiger partial charge in [0, 0.05) is 18.5 Å². The zero-order chi connectivity index (χ0) is 20.7. The fourth-order valence-corrected chi connectivity index (χ4v) is 4.16. The number of aryl methyl sites for hydroxylation is 1. The van der Waals surface area contributed by atoms with Crippen molar-refractivity contribution in [1.82, 2.24) is 19.9 Å². The third-order valence-corrected chi connectivity index (χ3v) is 5.71. The summed E-state index contributed by atoms with van der Waals surface area (Å²) in [6.07, 6.45) is 4.62. The number of imidazole rings is 1. The zero-order valence-corrected chi connectivity index (χ0v) is 16.8. The van der Waals surface area contributed by atoms with Crippen LogP contribution in [0.25, 0.3) is 22.1 Å². The minimum Gasteiger partial charge on any atom is -0.441 e. The van der Waals surface area contributed by atoms with Gasteiger partial charge in [0.1, 0.15) is 17.2 Å². The molecule has 1 atom stereocenters. The van der Waals surface area contributed by atoms with E-state index in [0.717, 1.165) is 32.1 Å². The van der Waals surface area contributed by atoms with Gasteiger partial charge >= 0.3 is 0 Å². The minimum atomic E-state index is -0.309. The fourth-order valence-electron chi connectivity index (χ4n) is 4.16. The van der Waals surface area contributed by atoms with Crippen molar-refractivity contribution in [3.05, 3.63) is 59.5 Å². The zero-order valence-electron chi connectivity index (χ0n) is 16.8. The molecule has 30 heavy (non-hydrogen) atoms. The number of H-pyrrole nitrogens is 1. The van der Waals surface area contributed by atoms with E-state index >= 15 is 0 Å². The number of carbonyl (C=O) groups excluding carboxylic acids is 1. The second-order valence-electron chi connectivity index (χ2n) is 7.83. The van der Waals surface area contributed by atoms with Crippen molar-refractivity contribution in [2.45, 2.75) is 45.1 Å². The molecule has 6 nitrogen and oxygen atoms in total. The van der Waals surface area contributed by atoms with Crippen molar-refractivity contribution in [3.8, 4) is 0 Å². The van der Waals surface area contributed by atoms with Gasteiger partial charge in [-0.25, -0.2) is 14.4 Å². The minimum absolute atomic E-state index is 0.0517. The number of aromatic nitrogens is 3. The number of halogens is 1. The molecular formula is C23H23FN4O2. The predicted octanol–water partition coefficient (Wildman–Crippen LogP) is 5.16. The Morgan fingerprint density at radius 2 is 2.13 bits per heavy atom. The van der Waals surface area contributed by atoms with Crippen LogP contribution in [0.2, 0.25) is 0 Å². The Bertz CT molecular complexity index is 1230. The number of benzene rings is 2. The van der Waals surface area contributed by atoms with E-state index < -0.39 is 0 Å². The molecule has 2 aromatic carbocycles. The molecule has 1 saturated heterocycles. The standard InChI is InChI=1S/C23H23FN4O2/c1-2-3-6-21-25-18-12-14(7-10-20(18)30-21)23(29)28-11-4-5-19(28)22-26-16-9-8-15(24)13-17(16)27-22/h7-10,12-13,19H,2-6,11H2,1H3,(H,26,27). The van der Waals surface area contributed by atoms with Crippen molar-refractivity contribution < 1.29 is 13.6 Å². The first-order valence-electron chi connectivity index (χ1n) is 10.5. The van der Waals surface area contributed by atoms with E-state index in [1.54, 1.807) is 18.2 Å². The average Bonchev–Trinajstić information content (AvgIpc) is 3.47. The summed E-state index contributed by atoms with van der Waals surface area (Å²) >= 11 is 0. The second-order valence-corrected chi connectivity index (χ2v) is 7.83. The Kier molecular flexibility index (Phi) is 4.73. The van der Waals surface area contributed by atoms with Gasteiger partial charge in [0.15, 0.2) is 11.5 Å². The second kappa shape index (κ2) is 7.55. The van der Waals surface area contributed by atoms with Crippen molar-refractivity contribution in [2.24, 2.45) is 0 Å². The van der Waals surface area contributed by atoms with E-state index in [1.807, 2.05) is 11.0 Å². The molecule has 1 unspecified atom stereocenters. The molecule has 7 heteroatoms. The van der Waals surface area contributed by atoms with Crippen molar-refractivity contribution >= 4 is 28.0 Å². The number of carbonyl (C=O) groups is 1. The predicted molar refractivity (Wildman–Crippen MR) is 112 cm³/mol. The molecule has 1 N–H and O–H groups in total. The number of oxazole rings is 1. The van der Waals surface area contributed by atoms with Crippen LogP contribution in [-0.2, 0) is 6.42 Å². The maximum Gasteiger partial charge on any atom is 0.254 e.